The van der Waals surface area contributed by atoms with E-state index in [1.165, 1.54) is 30.5 Å². The molecule has 6 rings (SSSR count). The van der Waals surface area contributed by atoms with Gasteiger partial charge in [0, 0.05) is 41.9 Å². The molecule has 3 aliphatic rings. The third-order valence-corrected chi connectivity index (χ3v) is 7.48. The van der Waals surface area contributed by atoms with Crippen LogP contribution in [0.15, 0.2) is 41.3 Å². The molecule has 2 aliphatic heterocycles. The van der Waals surface area contributed by atoms with E-state index in [-0.39, 0.29) is 47.3 Å². The Hall–Kier alpha value is -3.60. The first kappa shape index (κ1) is 23.8. The van der Waals surface area contributed by atoms with Crippen molar-refractivity contribution >= 4 is 23.3 Å². The van der Waals surface area contributed by atoms with Crippen LogP contribution in [0.5, 0.6) is 5.88 Å². The minimum Gasteiger partial charge on any atom is -0.477 e. The first-order valence-corrected chi connectivity index (χ1v) is 12.2. The number of aromatic nitrogens is 3. The van der Waals surface area contributed by atoms with E-state index in [1.807, 2.05) is 0 Å². The Morgan fingerprint density at radius 1 is 1.27 bits per heavy atom. The number of hydrogen-bond donors (Lipinski definition) is 2. The summed E-state index contributed by atoms with van der Waals surface area (Å²) < 4.78 is 46.4. The number of nitrogens with one attached hydrogen (secondary N) is 2. The zero-order chi connectivity index (χ0) is 25.9. The molecule has 2 amide bonds. The molecule has 1 aromatic carbocycles. The number of anilines is 1. The van der Waals surface area contributed by atoms with Crippen LogP contribution in [0.3, 0.4) is 0 Å². The molecular weight excluding hydrogens is 511 g/mol. The Balaban J connectivity index is 1.16. The molecule has 2 fully saturated rings. The van der Waals surface area contributed by atoms with E-state index in [0.29, 0.717) is 29.7 Å². The molecule has 1 saturated carbocycles. The summed E-state index contributed by atoms with van der Waals surface area (Å²) in [6.07, 6.45) is 3.18. The van der Waals surface area contributed by atoms with E-state index in [9.17, 15) is 18.4 Å². The van der Waals surface area contributed by atoms with Gasteiger partial charge in [-0.3, -0.25) is 4.79 Å². The highest BCUT2D eigenvalue weighted by Gasteiger charge is 2.57. The van der Waals surface area contributed by atoms with Crippen molar-refractivity contribution in [2.75, 3.05) is 11.9 Å². The lowest BCUT2D eigenvalue weighted by Crippen LogP contribution is -2.45. The molecule has 192 valence electrons. The number of H-pyrrole nitrogens is 1. The van der Waals surface area contributed by atoms with Gasteiger partial charge in [0.25, 0.3) is 11.5 Å². The molecule has 1 aliphatic carbocycles. The fraction of sp³-hybridized carbons (Fsp3) is 0.360. The Bertz CT molecular complexity index is 1450. The highest BCUT2D eigenvalue weighted by atomic mass is 35.5. The molecule has 8 nitrogen and oxygen atoms in total. The molecule has 1 saturated heterocycles. The molecule has 12 heteroatoms. The molecular formula is C25H21ClF3N5O3. The monoisotopic (exact) mass is 531 g/mol. The number of benzene rings is 1. The summed E-state index contributed by atoms with van der Waals surface area (Å²) in [4.78, 5) is 30.5. The van der Waals surface area contributed by atoms with Gasteiger partial charge in [0.05, 0.1) is 35.0 Å². The molecule has 2 N–H and O–H groups in total. The van der Waals surface area contributed by atoms with Crippen LogP contribution in [0.1, 0.15) is 36.6 Å². The Labute approximate surface area is 213 Å². The summed E-state index contributed by atoms with van der Waals surface area (Å²) in [6.45, 7) is -0.124. The first-order valence-electron chi connectivity index (χ1n) is 11.8. The van der Waals surface area contributed by atoms with Crippen LogP contribution in [0.25, 0.3) is 11.1 Å². The SMILES string of the molecule is O=C(Nc1cc(Cl)c(-c2ccc(OCC3CC3(F)F)nc2)cc1F)N1[C@H]2CC[C@@H]1c1n[nH]c(=O)cc1C2. The lowest BCUT2D eigenvalue weighted by Gasteiger charge is -2.35. The van der Waals surface area contributed by atoms with Gasteiger partial charge >= 0.3 is 6.03 Å². The minimum atomic E-state index is -2.67. The van der Waals surface area contributed by atoms with Crippen LogP contribution in [0.2, 0.25) is 5.02 Å². The second-order valence-corrected chi connectivity index (χ2v) is 10.0. The van der Waals surface area contributed by atoms with E-state index in [0.717, 1.165) is 12.0 Å². The summed E-state index contributed by atoms with van der Waals surface area (Å²) in [6, 6.07) is 6.26. The maximum atomic E-state index is 15.0. The highest BCUT2D eigenvalue weighted by molar-refractivity contribution is 6.33. The normalized spacial score (nSPS) is 22.9. The van der Waals surface area contributed by atoms with Gasteiger partial charge in [0.15, 0.2) is 0 Å². The summed E-state index contributed by atoms with van der Waals surface area (Å²) in [5.74, 6) is -3.97. The lowest BCUT2D eigenvalue weighted by molar-refractivity contribution is 0.0849. The fourth-order valence-electron chi connectivity index (χ4n) is 5.12. The van der Waals surface area contributed by atoms with Crippen molar-refractivity contribution in [3.8, 4) is 17.0 Å². The summed E-state index contributed by atoms with van der Waals surface area (Å²) in [5.41, 5.74) is 1.98. The Morgan fingerprint density at radius 3 is 2.81 bits per heavy atom. The second kappa shape index (κ2) is 8.76. The quantitative estimate of drug-likeness (QED) is 0.485. The molecule has 3 aromatic rings. The number of urea groups is 1. The maximum Gasteiger partial charge on any atom is 0.322 e. The number of alkyl halides is 2. The zero-order valence-corrected chi connectivity index (χ0v) is 20.1. The van der Waals surface area contributed by atoms with Crippen LogP contribution in [0, 0.1) is 11.7 Å². The maximum absolute atomic E-state index is 15.0. The largest absolute Gasteiger partial charge is 0.477 e. The van der Waals surface area contributed by atoms with E-state index in [4.69, 9.17) is 16.3 Å². The number of carbonyl (C=O) groups is 1. The van der Waals surface area contributed by atoms with Crippen LogP contribution in [-0.4, -0.2) is 44.7 Å². The van der Waals surface area contributed by atoms with Gasteiger partial charge in [0.2, 0.25) is 5.88 Å². The average molecular weight is 532 g/mol. The first-order chi connectivity index (χ1) is 17.7. The smallest absolute Gasteiger partial charge is 0.322 e. The van der Waals surface area contributed by atoms with Crippen molar-refractivity contribution in [1.82, 2.24) is 20.1 Å². The fourth-order valence-corrected chi connectivity index (χ4v) is 5.39. The van der Waals surface area contributed by atoms with Gasteiger partial charge in [-0.25, -0.2) is 28.0 Å². The van der Waals surface area contributed by atoms with Gasteiger partial charge in [0.1, 0.15) is 5.82 Å². The number of amides is 2. The number of pyridine rings is 1. The topological polar surface area (TPSA) is 100 Å². The van der Waals surface area contributed by atoms with E-state index < -0.39 is 23.7 Å². The minimum absolute atomic E-state index is 0.0725. The third-order valence-electron chi connectivity index (χ3n) is 7.16. The molecule has 37 heavy (non-hydrogen) atoms. The van der Waals surface area contributed by atoms with Crippen molar-refractivity contribution in [3.63, 3.8) is 0 Å². The number of aromatic amines is 1. The number of hydrogen-bond acceptors (Lipinski definition) is 5. The Kier molecular flexibility index (Phi) is 5.63. The summed E-state index contributed by atoms with van der Waals surface area (Å²) >= 11 is 6.42. The van der Waals surface area contributed by atoms with Gasteiger partial charge in [-0.2, -0.15) is 5.10 Å². The van der Waals surface area contributed by atoms with Crippen molar-refractivity contribution in [2.24, 2.45) is 5.92 Å². The van der Waals surface area contributed by atoms with Gasteiger partial charge in [-0.1, -0.05) is 11.6 Å². The number of nitrogens with zero attached hydrogens (tertiary/aromatic N) is 3. The predicted molar refractivity (Wildman–Crippen MR) is 128 cm³/mol. The molecule has 4 heterocycles. The third kappa shape index (κ3) is 4.41. The van der Waals surface area contributed by atoms with Crippen molar-refractivity contribution in [1.29, 1.82) is 0 Å². The van der Waals surface area contributed by atoms with Crippen molar-refractivity contribution in [2.45, 2.75) is 43.7 Å². The number of fused-ring (bicyclic) bond motifs is 4. The van der Waals surface area contributed by atoms with Crippen molar-refractivity contribution < 1.29 is 22.7 Å². The standard InChI is InChI=1S/C25H21ClF3N5O3/c26-17-8-19(31-24(36)34-15-2-3-20(34)23-13(5-15)6-21(35)32-33-23)18(27)7-16(17)12-1-4-22(30-10-12)37-11-14-9-25(14,28)29/h1,4,6-8,10,14-15,20H,2-3,5,9,11H2,(H,31,36)(H,32,35)/t14?,15-,20+/m0/s1. The highest BCUT2D eigenvalue weighted by Crippen LogP contribution is 2.48. The van der Waals surface area contributed by atoms with E-state index in [1.54, 1.807) is 11.0 Å². The van der Waals surface area contributed by atoms with E-state index in [2.05, 4.69) is 20.5 Å². The molecule has 1 unspecified atom stereocenters. The molecule has 2 bridgehead atoms. The average Bonchev–Trinajstić information content (AvgIpc) is 3.35. The number of rotatable bonds is 5. The van der Waals surface area contributed by atoms with Crippen LogP contribution < -0.4 is 15.6 Å². The van der Waals surface area contributed by atoms with Gasteiger partial charge < -0.3 is 15.0 Å². The summed E-state index contributed by atoms with van der Waals surface area (Å²) in [5, 5.41) is 9.39. The van der Waals surface area contributed by atoms with Crippen molar-refractivity contribution in [3.05, 3.63) is 69.0 Å². The molecule has 0 radical (unpaired) electrons. The van der Waals surface area contributed by atoms with Crippen LogP contribution in [-0.2, 0) is 6.42 Å². The zero-order valence-electron chi connectivity index (χ0n) is 19.3. The summed E-state index contributed by atoms with van der Waals surface area (Å²) in [7, 11) is 0. The van der Waals surface area contributed by atoms with Gasteiger partial charge in [-0.05, 0) is 43.0 Å². The van der Waals surface area contributed by atoms with Gasteiger partial charge in [-0.15, -0.1) is 0 Å². The number of carbonyl (C=O) groups excluding carboxylic acids is 1. The Morgan fingerprint density at radius 2 is 2.08 bits per heavy atom. The lowest BCUT2D eigenvalue weighted by atomic mass is 9.99. The molecule has 3 atom stereocenters. The van der Waals surface area contributed by atoms with Crippen LogP contribution in [0.4, 0.5) is 23.7 Å². The van der Waals surface area contributed by atoms with E-state index >= 15 is 4.39 Å². The number of ether oxygens (including phenoxy) is 1. The van der Waals surface area contributed by atoms with Crippen LogP contribution >= 0.6 is 11.6 Å². The molecule has 2 aromatic heterocycles. The molecule has 0 spiro atoms. The second-order valence-electron chi connectivity index (χ2n) is 9.60. The predicted octanol–water partition coefficient (Wildman–Crippen LogP) is 4.95. The number of halogens is 4.